The molecule has 1 unspecified atom stereocenters. The lowest BCUT2D eigenvalue weighted by atomic mass is 9.95. The molecule has 2 aromatic carbocycles. The highest BCUT2D eigenvalue weighted by Gasteiger charge is 2.32. The van der Waals surface area contributed by atoms with Crippen molar-refractivity contribution in [2.24, 2.45) is 0 Å². The molecule has 1 aliphatic carbocycles. The highest BCUT2D eigenvalue weighted by atomic mass is 79.9. The first-order chi connectivity index (χ1) is 15.1. The van der Waals surface area contributed by atoms with Gasteiger partial charge in [0.15, 0.2) is 5.69 Å². The quantitative estimate of drug-likeness (QED) is 0.533. The number of nitrogens with zero attached hydrogens (tertiary/aromatic N) is 3. The summed E-state index contributed by atoms with van der Waals surface area (Å²) in [5.41, 5.74) is 4.47. The number of rotatable bonds is 3. The van der Waals surface area contributed by atoms with Crippen molar-refractivity contribution in [2.75, 3.05) is 19.7 Å². The molecule has 0 saturated carbocycles. The Morgan fingerprint density at radius 3 is 2.58 bits per heavy atom. The molecule has 1 saturated heterocycles. The van der Waals surface area contributed by atoms with Crippen LogP contribution in [0.3, 0.4) is 0 Å². The molecule has 2 heterocycles. The van der Waals surface area contributed by atoms with E-state index in [2.05, 4.69) is 15.9 Å². The Bertz CT molecular complexity index is 1100. The van der Waals surface area contributed by atoms with Crippen LogP contribution < -0.4 is 0 Å². The van der Waals surface area contributed by atoms with Crippen molar-refractivity contribution in [3.8, 4) is 5.69 Å². The summed E-state index contributed by atoms with van der Waals surface area (Å²) in [7, 11) is 0. The summed E-state index contributed by atoms with van der Waals surface area (Å²) in [5, 5.41) is 4.73. The third-order valence-corrected chi connectivity index (χ3v) is 6.58. The maximum absolute atomic E-state index is 13.5. The van der Waals surface area contributed by atoms with Crippen molar-refractivity contribution in [1.29, 1.82) is 0 Å². The van der Waals surface area contributed by atoms with Crippen LogP contribution in [0.4, 0.5) is 4.39 Å². The van der Waals surface area contributed by atoms with Crippen molar-refractivity contribution >= 4 is 21.8 Å². The number of aromatic nitrogens is 2. The lowest BCUT2D eigenvalue weighted by molar-refractivity contribution is -0.0230. The van der Waals surface area contributed by atoms with Crippen molar-refractivity contribution in [1.82, 2.24) is 14.7 Å². The maximum Gasteiger partial charge on any atom is 0.274 e. The van der Waals surface area contributed by atoms with E-state index < -0.39 is 0 Å². The number of fused-ring (bicyclic) bond motifs is 1. The molecule has 1 amide bonds. The minimum atomic E-state index is -0.284. The van der Waals surface area contributed by atoms with E-state index in [0.717, 1.165) is 52.7 Å². The SMILES string of the molecule is O=C(c1nn(-c2ccc(F)cc2)c2c1CCCC2)N1CCOC(c2ccc(Br)cc2)C1. The first kappa shape index (κ1) is 20.4. The van der Waals surface area contributed by atoms with Gasteiger partial charge in [0.05, 0.1) is 18.8 Å². The Balaban J connectivity index is 1.44. The van der Waals surface area contributed by atoms with Crippen molar-refractivity contribution in [3.63, 3.8) is 0 Å². The molecule has 1 atom stereocenters. The number of benzene rings is 2. The predicted octanol–water partition coefficient (Wildman–Crippen LogP) is 4.87. The standard InChI is InChI=1S/C24H23BrFN3O2/c25-17-7-5-16(6-8-17)22-15-28(13-14-31-22)24(30)23-20-3-1-2-4-21(20)29(27-23)19-11-9-18(26)10-12-19/h5-12,22H,1-4,13-15H2. The monoisotopic (exact) mass is 483 g/mol. The fourth-order valence-electron chi connectivity index (χ4n) is 4.43. The maximum atomic E-state index is 13.5. The second kappa shape index (κ2) is 8.55. The Kier molecular flexibility index (Phi) is 5.63. The second-order valence-corrected chi connectivity index (χ2v) is 8.95. The minimum absolute atomic E-state index is 0.0515. The first-order valence-electron chi connectivity index (χ1n) is 10.6. The van der Waals surface area contributed by atoms with Gasteiger partial charge in [-0.25, -0.2) is 9.07 Å². The van der Waals surface area contributed by atoms with Crippen LogP contribution in [0.15, 0.2) is 53.0 Å². The molecule has 1 fully saturated rings. The van der Waals surface area contributed by atoms with Gasteiger partial charge in [0.25, 0.3) is 5.91 Å². The molecule has 0 N–H and O–H groups in total. The third kappa shape index (κ3) is 4.04. The van der Waals surface area contributed by atoms with Gasteiger partial charge < -0.3 is 9.64 Å². The minimum Gasteiger partial charge on any atom is -0.370 e. The van der Waals surface area contributed by atoms with Gasteiger partial charge in [0.1, 0.15) is 11.9 Å². The molecule has 0 bridgehead atoms. The van der Waals surface area contributed by atoms with Gasteiger partial charge in [0.2, 0.25) is 0 Å². The van der Waals surface area contributed by atoms with Crippen LogP contribution in [-0.4, -0.2) is 40.3 Å². The topological polar surface area (TPSA) is 47.4 Å². The van der Waals surface area contributed by atoms with Crippen LogP contribution in [-0.2, 0) is 17.6 Å². The molecule has 2 aliphatic rings. The Hall–Kier alpha value is -2.51. The molecule has 160 valence electrons. The summed E-state index contributed by atoms with van der Waals surface area (Å²) >= 11 is 3.46. The fraction of sp³-hybridized carbons (Fsp3) is 0.333. The fourth-order valence-corrected chi connectivity index (χ4v) is 4.69. The number of hydrogen-bond acceptors (Lipinski definition) is 3. The highest BCUT2D eigenvalue weighted by Crippen LogP contribution is 2.30. The number of carbonyl (C=O) groups is 1. The molecular weight excluding hydrogens is 461 g/mol. The Labute approximate surface area is 188 Å². The summed E-state index contributed by atoms with van der Waals surface area (Å²) in [4.78, 5) is 15.4. The molecule has 3 aromatic rings. The predicted molar refractivity (Wildman–Crippen MR) is 119 cm³/mol. The molecule has 1 aromatic heterocycles. The van der Waals surface area contributed by atoms with E-state index in [4.69, 9.17) is 9.84 Å². The van der Waals surface area contributed by atoms with Gasteiger partial charge in [-0.1, -0.05) is 28.1 Å². The van der Waals surface area contributed by atoms with Crippen LogP contribution in [0.1, 0.15) is 46.3 Å². The van der Waals surface area contributed by atoms with E-state index >= 15 is 0 Å². The first-order valence-corrected chi connectivity index (χ1v) is 11.4. The summed E-state index contributed by atoms with van der Waals surface area (Å²) in [6.07, 6.45) is 3.68. The van der Waals surface area contributed by atoms with Gasteiger partial charge in [-0.2, -0.15) is 5.10 Å². The summed E-state index contributed by atoms with van der Waals surface area (Å²) in [6, 6.07) is 14.3. The summed E-state index contributed by atoms with van der Waals surface area (Å²) < 4.78 is 22.2. The zero-order valence-corrected chi connectivity index (χ0v) is 18.6. The summed E-state index contributed by atoms with van der Waals surface area (Å²) in [6.45, 7) is 1.54. The van der Waals surface area contributed by atoms with Crippen molar-refractivity contribution in [3.05, 3.63) is 81.3 Å². The Morgan fingerprint density at radius 1 is 1.06 bits per heavy atom. The number of morpholine rings is 1. The number of carbonyl (C=O) groups excluding carboxylic acids is 1. The lowest BCUT2D eigenvalue weighted by Gasteiger charge is -2.33. The van der Waals surface area contributed by atoms with Crippen LogP contribution in [0.2, 0.25) is 0 Å². The van der Waals surface area contributed by atoms with Crippen LogP contribution >= 0.6 is 15.9 Å². The normalized spacial score (nSPS) is 18.6. The van der Waals surface area contributed by atoms with E-state index in [-0.39, 0.29) is 17.8 Å². The molecule has 0 radical (unpaired) electrons. The van der Waals surface area contributed by atoms with E-state index in [1.807, 2.05) is 33.8 Å². The third-order valence-electron chi connectivity index (χ3n) is 6.05. The molecule has 7 heteroatoms. The smallest absolute Gasteiger partial charge is 0.274 e. The molecule has 0 spiro atoms. The number of ether oxygens (including phenoxy) is 1. The van der Waals surface area contributed by atoms with Crippen LogP contribution in [0, 0.1) is 5.82 Å². The van der Waals surface area contributed by atoms with E-state index in [1.165, 1.54) is 12.1 Å². The van der Waals surface area contributed by atoms with E-state index in [9.17, 15) is 9.18 Å². The average molecular weight is 484 g/mol. The van der Waals surface area contributed by atoms with Gasteiger partial charge in [-0.3, -0.25) is 4.79 Å². The van der Waals surface area contributed by atoms with Gasteiger partial charge in [-0.15, -0.1) is 0 Å². The van der Waals surface area contributed by atoms with Gasteiger partial charge >= 0.3 is 0 Å². The zero-order chi connectivity index (χ0) is 21.4. The van der Waals surface area contributed by atoms with E-state index in [1.54, 1.807) is 12.1 Å². The number of amides is 1. The molecule has 5 rings (SSSR count). The van der Waals surface area contributed by atoms with Crippen molar-refractivity contribution in [2.45, 2.75) is 31.8 Å². The van der Waals surface area contributed by atoms with Gasteiger partial charge in [0, 0.05) is 22.3 Å². The lowest BCUT2D eigenvalue weighted by Crippen LogP contribution is -2.42. The van der Waals surface area contributed by atoms with Crippen LogP contribution in [0.5, 0.6) is 0 Å². The van der Waals surface area contributed by atoms with E-state index in [0.29, 0.717) is 25.4 Å². The molecule has 31 heavy (non-hydrogen) atoms. The van der Waals surface area contributed by atoms with Crippen LogP contribution in [0.25, 0.3) is 5.69 Å². The Morgan fingerprint density at radius 2 is 1.81 bits per heavy atom. The molecule has 1 aliphatic heterocycles. The summed E-state index contributed by atoms with van der Waals surface area (Å²) in [5.74, 6) is -0.335. The number of halogens is 2. The average Bonchev–Trinajstić information content (AvgIpc) is 3.19. The molecular formula is C24H23BrFN3O2. The highest BCUT2D eigenvalue weighted by molar-refractivity contribution is 9.10. The number of hydrogen-bond donors (Lipinski definition) is 0. The van der Waals surface area contributed by atoms with Crippen molar-refractivity contribution < 1.29 is 13.9 Å². The largest absolute Gasteiger partial charge is 0.370 e. The molecule has 5 nitrogen and oxygen atoms in total. The van der Waals surface area contributed by atoms with Gasteiger partial charge in [-0.05, 0) is 67.6 Å². The zero-order valence-electron chi connectivity index (χ0n) is 17.1. The second-order valence-electron chi connectivity index (χ2n) is 8.03.